The molecular weight excluding hydrogens is 288 g/mol. The van der Waals surface area contributed by atoms with Crippen molar-refractivity contribution in [2.24, 2.45) is 0 Å². The molecule has 1 aliphatic heterocycles. The molecule has 0 spiro atoms. The summed E-state index contributed by atoms with van der Waals surface area (Å²) < 4.78 is 26.8. The molecule has 0 radical (unpaired) electrons. The van der Waals surface area contributed by atoms with Crippen LogP contribution < -0.4 is 4.72 Å². The van der Waals surface area contributed by atoms with Gasteiger partial charge in [0.05, 0.1) is 6.20 Å². The lowest BCUT2D eigenvalue weighted by atomic mass is 10.2. The van der Waals surface area contributed by atoms with E-state index in [1.165, 1.54) is 25.1 Å². The number of likely N-dealkylation sites (tertiary alicyclic amines) is 1. The SMILES string of the molecule is O=S(=O)(Nc1cccc(CN2CCCC2)c1)c1ccn[nH]1. The monoisotopic (exact) mass is 306 g/mol. The zero-order valence-corrected chi connectivity index (χ0v) is 12.4. The topological polar surface area (TPSA) is 78.1 Å². The van der Waals surface area contributed by atoms with Gasteiger partial charge >= 0.3 is 0 Å². The molecule has 2 heterocycles. The van der Waals surface area contributed by atoms with Gasteiger partial charge in [-0.05, 0) is 49.7 Å². The highest BCUT2D eigenvalue weighted by molar-refractivity contribution is 7.92. The molecule has 0 bridgehead atoms. The number of H-pyrrole nitrogens is 1. The van der Waals surface area contributed by atoms with E-state index in [1.54, 1.807) is 6.07 Å². The highest BCUT2D eigenvalue weighted by Crippen LogP contribution is 2.18. The fraction of sp³-hybridized carbons (Fsp3) is 0.357. The third-order valence-corrected chi connectivity index (χ3v) is 4.86. The zero-order valence-electron chi connectivity index (χ0n) is 11.6. The maximum atomic E-state index is 12.1. The zero-order chi connectivity index (χ0) is 14.7. The molecule has 112 valence electrons. The Balaban J connectivity index is 1.74. The maximum Gasteiger partial charge on any atom is 0.278 e. The van der Waals surface area contributed by atoms with Crippen molar-refractivity contribution in [3.63, 3.8) is 0 Å². The number of anilines is 1. The third kappa shape index (κ3) is 3.43. The number of sulfonamides is 1. The van der Waals surface area contributed by atoms with Crippen LogP contribution in [-0.4, -0.2) is 36.6 Å². The van der Waals surface area contributed by atoms with Gasteiger partial charge in [0, 0.05) is 12.2 Å². The van der Waals surface area contributed by atoms with E-state index in [2.05, 4.69) is 19.8 Å². The van der Waals surface area contributed by atoms with Gasteiger partial charge in [-0.3, -0.25) is 14.7 Å². The minimum absolute atomic E-state index is 0.0624. The number of benzene rings is 1. The first-order chi connectivity index (χ1) is 10.1. The Morgan fingerprint density at radius 2 is 2.05 bits per heavy atom. The third-order valence-electron chi connectivity index (χ3n) is 3.55. The van der Waals surface area contributed by atoms with Crippen LogP contribution in [0, 0.1) is 0 Å². The number of rotatable bonds is 5. The first-order valence-corrected chi connectivity index (χ1v) is 8.45. The van der Waals surface area contributed by atoms with Crippen molar-refractivity contribution < 1.29 is 8.42 Å². The Morgan fingerprint density at radius 3 is 2.76 bits per heavy atom. The molecule has 0 unspecified atom stereocenters. The van der Waals surface area contributed by atoms with Crippen molar-refractivity contribution in [3.8, 4) is 0 Å². The van der Waals surface area contributed by atoms with Crippen LogP contribution in [0.1, 0.15) is 18.4 Å². The minimum Gasteiger partial charge on any atom is -0.299 e. The number of nitrogens with one attached hydrogen (secondary N) is 2. The Kier molecular flexibility index (Phi) is 3.94. The molecule has 1 fully saturated rings. The summed E-state index contributed by atoms with van der Waals surface area (Å²) in [6, 6.07) is 8.95. The van der Waals surface area contributed by atoms with Crippen LogP contribution in [0.4, 0.5) is 5.69 Å². The van der Waals surface area contributed by atoms with Gasteiger partial charge in [-0.2, -0.15) is 13.5 Å². The van der Waals surface area contributed by atoms with Gasteiger partial charge in [0.25, 0.3) is 10.0 Å². The van der Waals surface area contributed by atoms with Crippen molar-refractivity contribution in [1.82, 2.24) is 15.1 Å². The number of aromatic amines is 1. The van der Waals surface area contributed by atoms with Crippen molar-refractivity contribution in [3.05, 3.63) is 42.1 Å². The molecule has 0 amide bonds. The Labute approximate surface area is 124 Å². The molecule has 1 aromatic carbocycles. The van der Waals surface area contributed by atoms with Gasteiger partial charge < -0.3 is 0 Å². The normalized spacial score (nSPS) is 16.2. The molecule has 2 aromatic rings. The van der Waals surface area contributed by atoms with E-state index >= 15 is 0 Å². The molecule has 0 atom stereocenters. The van der Waals surface area contributed by atoms with Crippen molar-refractivity contribution in [2.75, 3.05) is 17.8 Å². The molecular formula is C14H18N4O2S. The van der Waals surface area contributed by atoms with E-state index in [0.29, 0.717) is 5.69 Å². The Bertz CT molecular complexity index is 692. The van der Waals surface area contributed by atoms with Crippen LogP contribution in [0.15, 0.2) is 41.6 Å². The smallest absolute Gasteiger partial charge is 0.278 e. The lowest BCUT2D eigenvalue weighted by molar-refractivity contribution is 0.331. The van der Waals surface area contributed by atoms with E-state index < -0.39 is 10.0 Å². The van der Waals surface area contributed by atoms with Crippen molar-refractivity contribution in [1.29, 1.82) is 0 Å². The summed E-state index contributed by atoms with van der Waals surface area (Å²) in [7, 11) is -3.60. The summed E-state index contributed by atoms with van der Waals surface area (Å²) >= 11 is 0. The second-order valence-corrected chi connectivity index (χ2v) is 6.86. The molecule has 3 rings (SSSR count). The van der Waals surface area contributed by atoms with Gasteiger partial charge in [-0.25, -0.2) is 0 Å². The molecule has 2 N–H and O–H groups in total. The van der Waals surface area contributed by atoms with Crippen LogP contribution in [-0.2, 0) is 16.6 Å². The van der Waals surface area contributed by atoms with Crippen LogP contribution in [0.5, 0.6) is 0 Å². The average Bonchev–Trinajstić information content (AvgIpc) is 3.11. The van der Waals surface area contributed by atoms with E-state index in [1.807, 2.05) is 18.2 Å². The van der Waals surface area contributed by atoms with Gasteiger partial charge in [0.15, 0.2) is 5.03 Å². The molecule has 1 saturated heterocycles. The Hall–Kier alpha value is -1.86. The molecule has 21 heavy (non-hydrogen) atoms. The lowest BCUT2D eigenvalue weighted by Crippen LogP contribution is -2.18. The molecule has 1 aromatic heterocycles. The molecule has 6 nitrogen and oxygen atoms in total. The van der Waals surface area contributed by atoms with E-state index in [-0.39, 0.29) is 5.03 Å². The van der Waals surface area contributed by atoms with Crippen LogP contribution in [0.3, 0.4) is 0 Å². The largest absolute Gasteiger partial charge is 0.299 e. The quantitative estimate of drug-likeness (QED) is 0.883. The van der Waals surface area contributed by atoms with Gasteiger partial charge in [0.1, 0.15) is 0 Å². The van der Waals surface area contributed by atoms with Crippen LogP contribution in [0.25, 0.3) is 0 Å². The summed E-state index contributed by atoms with van der Waals surface area (Å²) in [6.07, 6.45) is 3.90. The van der Waals surface area contributed by atoms with Crippen LogP contribution >= 0.6 is 0 Å². The predicted octanol–water partition coefficient (Wildman–Crippen LogP) is 1.81. The predicted molar refractivity (Wildman–Crippen MR) is 80.3 cm³/mol. The van der Waals surface area contributed by atoms with Crippen LogP contribution in [0.2, 0.25) is 0 Å². The van der Waals surface area contributed by atoms with E-state index in [4.69, 9.17) is 0 Å². The summed E-state index contributed by atoms with van der Waals surface area (Å²) in [5.74, 6) is 0. The highest BCUT2D eigenvalue weighted by atomic mass is 32.2. The first kappa shape index (κ1) is 14.1. The number of hydrogen-bond donors (Lipinski definition) is 2. The molecule has 1 aliphatic rings. The summed E-state index contributed by atoms with van der Waals surface area (Å²) in [5, 5.41) is 6.19. The summed E-state index contributed by atoms with van der Waals surface area (Å²) in [4.78, 5) is 2.38. The van der Waals surface area contributed by atoms with Gasteiger partial charge in [-0.15, -0.1) is 0 Å². The van der Waals surface area contributed by atoms with Crippen molar-refractivity contribution in [2.45, 2.75) is 24.4 Å². The number of hydrogen-bond acceptors (Lipinski definition) is 4. The van der Waals surface area contributed by atoms with Gasteiger partial charge in [-0.1, -0.05) is 12.1 Å². The molecule has 7 heteroatoms. The minimum atomic E-state index is -3.60. The second-order valence-electron chi connectivity index (χ2n) is 5.21. The second kappa shape index (κ2) is 5.87. The maximum absolute atomic E-state index is 12.1. The fourth-order valence-corrected chi connectivity index (χ4v) is 3.50. The lowest BCUT2D eigenvalue weighted by Gasteiger charge is -2.15. The number of nitrogens with zero attached hydrogens (tertiary/aromatic N) is 2. The highest BCUT2D eigenvalue weighted by Gasteiger charge is 2.16. The molecule has 0 aliphatic carbocycles. The average molecular weight is 306 g/mol. The first-order valence-electron chi connectivity index (χ1n) is 6.97. The summed E-state index contributed by atoms with van der Waals surface area (Å²) in [6.45, 7) is 3.09. The summed E-state index contributed by atoms with van der Waals surface area (Å²) in [5.41, 5.74) is 1.68. The standard InChI is InChI=1S/C14H18N4O2S/c19-21(20,14-6-7-15-16-14)17-13-5-3-4-12(10-13)11-18-8-1-2-9-18/h3-7,10,17H,1-2,8-9,11H2,(H,15,16). The fourth-order valence-electron chi connectivity index (χ4n) is 2.54. The molecule has 0 saturated carbocycles. The Morgan fingerprint density at radius 1 is 1.24 bits per heavy atom. The van der Waals surface area contributed by atoms with Crippen molar-refractivity contribution >= 4 is 15.7 Å². The van der Waals surface area contributed by atoms with E-state index in [0.717, 1.165) is 25.2 Å². The van der Waals surface area contributed by atoms with E-state index in [9.17, 15) is 8.42 Å². The number of aromatic nitrogens is 2. The van der Waals surface area contributed by atoms with Gasteiger partial charge in [0.2, 0.25) is 0 Å².